The first-order valence-corrected chi connectivity index (χ1v) is 16.9. The minimum atomic E-state index is -0.821. The zero-order valence-corrected chi connectivity index (χ0v) is 29.1. The lowest BCUT2D eigenvalue weighted by atomic mass is 9.91. The molecular weight excluding hydrogens is 658 g/mol. The summed E-state index contributed by atoms with van der Waals surface area (Å²) in [5.41, 5.74) is 5.04. The second-order valence-electron chi connectivity index (χ2n) is 13.1. The second kappa shape index (κ2) is 13.6. The molecule has 16 nitrogen and oxygen atoms in total. The smallest absolute Gasteiger partial charge is 0.351 e. The summed E-state index contributed by atoms with van der Waals surface area (Å²) in [6, 6.07) is 6.67. The van der Waals surface area contributed by atoms with Crippen molar-refractivity contribution in [1.82, 2.24) is 39.2 Å². The summed E-state index contributed by atoms with van der Waals surface area (Å²) < 4.78 is 16.0. The number of anilines is 1. The topological polar surface area (TPSA) is 165 Å². The van der Waals surface area contributed by atoms with Crippen LogP contribution in [0.3, 0.4) is 0 Å². The third-order valence-corrected chi connectivity index (χ3v) is 10.1. The molecule has 0 spiro atoms. The number of ether oxygens (including phenoxy) is 2. The number of nitrogens with zero attached hydrogens (tertiary/aromatic N) is 7. The second-order valence-corrected chi connectivity index (χ2v) is 13.1. The van der Waals surface area contributed by atoms with E-state index in [1.54, 1.807) is 44.0 Å². The van der Waals surface area contributed by atoms with E-state index in [1.807, 2.05) is 30.5 Å². The average molecular weight is 700 g/mol. The van der Waals surface area contributed by atoms with Gasteiger partial charge in [-0.25, -0.2) is 9.59 Å². The average Bonchev–Trinajstić information content (AvgIpc) is 3.47. The Labute approximate surface area is 293 Å². The quantitative estimate of drug-likeness (QED) is 0.265. The third-order valence-electron chi connectivity index (χ3n) is 10.1. The van der Waals surface area contributed by atoms with Gasteiger partial charge in [-0.3, -0.25) is 29.0 Å². The van der Waals surface area contributed by atoms with Crippen molar-refractivity contribution in [2.75, 3.05) is 58.9 Å². The van der Waals surface area contributed by atoms with Crippen LogP contribution in [0.5, 0.6) is 11.5 Å². The predicted molar refractivity (Wildman–Crippen MR) is 187 cm³/mol. The summed E-state index contributed by atoms with van der Waals surface area (Å²) in [6.45, 7) is 4.31. The molecule has 0 bridgehead atoms. The molecule has 4 aromatic rings. The van der Waals surface area contributed by atoms with Gasteiger partial charge in [0.15, 0.2) is 5.65 Å². The number of methoxy groups -OCH3 is 2. The fourth-order valence-electron chi connectivity index (χ4n) is 7.36. The Morgan fingerprint density at radius 3 is 2.37 bits per heavy atom. The van der Waals surface area contributed by atoms with E-state index in [1.165, 1.54) is 9.08 Å². The van der Waals surface area contributed by atoms with Gasteiger partial charge in [-0.2, -0.15) is 4.68 Å². The molecule has 51 heavy (non-hydrogen) atoms. The van der Waals surface area contributed by atoms with Crippen LogP contribution in [0.2, 0.25) is 0 Å². The van der Waals surface area contributed by atoms with Crippen molar-refractivity contribution in [1.29, 1.82) is 0 Å². The van der Waals surface area contributed by atoms with E-state index in [2.05, 4.69) is 25.5 Å². The number of piperazine rings is 1. The van der Waals surface area contributed by atoms with Gasteiger partial charge in [0.1, 0.15) is 17.5 Å². The van der Waals surface area contributed by atoms with E-state index in [9.17, 15) is 24.0 Å². The molecule has 4 amide bonds. The maximum atomic E-state index is 13.1. The largest absolute Gasteiger partial charge is 0.496 e. The van der Waals surface area contributed by atoms with Crippen molar-refractivity contribution in [3.8, 4) is 22.6 Å². The zero-order valence-electron chi connectivity index (χ0n) is 29.1. The number of carbonyl (C=O) groups excluding carboxylic acids is 3. The van der Waals surface area contributed by atoms with Crippen LogP contribution in [0.4, 0.5) is 10.5 Å². The van der Waals surface area contributed by atoms with Gasteiger partial charge in [-0.05, 0) is 42.2 Å². The zero-order chi connectivity index (χ0) is 36.0. The number of piperidine rings is 1. The Morgan fingerprint density at radius 1 is 0.980 bits per heavy atom. The summed E-state index contributed by atoms with van der Waals surface area (Å²) in [7, 11) is 6.59. The van der Waals surface area contributed by atoms with E-state index >= 15 is 0 Å². The maximum Gasteiger partial charge on any atom is 0.351 e. The minimum absolute atomic E-state index is 0.118. The van der Waals surface area contributed by atoms with E-state index < -0.39 is 17.6 Å². The highest BCUT2D eigenvalue weighted by molar-refractivity contribution is 5.99. The maximum absolute atomic E-state index is 13.1. The third kappa shape index (κ3) is 6.19. The van der Waals surface area contributed by atoms with Crippen molar-refractivity contribution in [2.45, 2.75) is 38.4 Å². The normalized spacial score (nSPS) is 18.1. The lowest BCUT2D eigenvalue weighted by molar-refractivity contribution is -0.136. The standard InChI is InChI=1S/C35H41N9O7/c1-36-34(48)42-9-8-23-24(18-39(2)33(47)25(23)20-42)21-15-28(50-3)26(29(16-21)51-4)19-40-11-13-41(14-12-40)22-7-10-43-30(17-22)38-44(35(43)49)27-5-6-31(45)37-32(27)46/h7,10,15-18,27H,5-6,8-9,11-14,19-20H2,1-4H3,(H,36,48)(H,37,45,46). The minimum Gasteiger partial charge on any atom is -0.496 e. The molecule has 7 rings (SSSR count). The molecule has 0 radical (unpaired) electrons. The van der Waals surface area contributed by atoms with Gasteiger partial charge in [-0.15, -0.1) is 5.10 Å². The van der Waals surface area contributed by atoms with Crippen molar-refractivity contribution in [3.63, 3.8) is 0 Å². The number of aryl methyl sites for hydroxylation is 1. The summed E-state index contributed by atoms with van der Waals surface area (Å²) in [5.74, 6) is 0.498. The Hall–Kier alpha value is -5.64. The number of aromatic nitrogens is 4. The molecule has 0 aliphatic carbocycles. The van der Waals surface area contributed by atoms with Crippen LogP contribution in [-0.4, -0.2) is 100 Å². The van der Waals surface area contributed by atoms with Crippen LogP contribution < -0.4 is 36.3 Å². The van der Waals surface area contributed by atoms with Crippen LogP contribution in [0.1, 0.15) is 35.6 Å². The van der Waals surface area contributed by atoms with Crippen molar-refractivity contribution >= 4 is 29.2 Å². The van der Waals surface area contributed by atoms with Gasteiger partial charge in [0.2, 0.25) is 5.91 Å². The highest BCUT2D eigenvalue weighted by Gasteiger charge is 2.31. The lowest BCUT2D eigenvalue weighted by Crippen LogP contribution is -2.46. The molecule has 3 aliphatic heterocycles. The van der Waals surface area contributed by atoms with E-state index in [4.69, 9.17) is 9.47 Å². The van der Waals surface area contributed by atoms with E-state index in [-0.39, 0.29) is 36.9 Å². The van der Waals surface area contributed by atoms with Gasteiger partial charge in [0.05, 0.1) is 26.3 Å². The number of benzene rings is 1. The molecule has 0 saturated carbocycles. The lowest BCUT2D eigenvalue weighted by Gasteiger charge is -2.36. The molecule has 3 aromatic heterocycles. The van der Waals surface area contributed by atoms with E-state index in [0.29, 0.717) is 42.2 Å². The van der Waals surface area contributed by atoms with Crippen molar-refractivity contribution in [3.05, 3.63) is 74.2 Å². The summed E-state index contributed by atoms with van der Waals surface area (Å²) in [4.78, 5) is 68.7. The molecule has 3 aliphatic rings. The molecule has 2 fully saturated rings. The number of carbonyl (C=O) groups is 3. The number of urea groups is 1. The SMILES string of the molecule is CNC(=O)N1CCc2c(-c3cc(OC)c(CN4CCN(c5ccn6c(=O)n(C7CCC(=O)NC7=O)nc6c5)CC4)c(OC)c3)cn(C)c(=O)c2C1. The van der Waals surface area contributed by atoms with Gasteiger partial charge in [0.25, 0.3) is 11.5 Å². The summed E-state index contributed by atoms with van der Waals surface area (Å²) in [5, 5.41) is 9.39. The Kier molecular flexibility index (Phi) is 9.01. The molecule has 1 unspecified atom stereocenters. The van der Waals surface area contributed by atoms with Gasteiger partial charge < -0.3 is 29.2 Å². The van der Waals surface area contributed by atoms with Crippen LogP contribution in [0.15, 0.2) is 46.2 Å². The number of hydrogen-bond donors (Lipinski definition) is 2. The number of pyridine rings is 2. The van der Waals surface area contributed by atoms with Crippen LogP contribution in [0.25, 0.3) is 16.8 Å². The number of amides is 4. The fraction of sp³-hybridized carbons (Fsp3) is 0.429. The first-order valence-electron chi connectivity index (χ1n) is 16.9. The predicted octanol–water partition coefficient (Wildman–Crippen LogP) is 0.876. The molecule has 1 atom stereocenters. The van der Waals surface area contributed by atoms with Gasteiger partial charge >= 0.3 is 11.7 Å². The number of rotatable bonds is 7. The number of fused-ring (bicyclic) bond motifs is 2. The van der Waals surface area contributed by atoms with Gasteiger partial charge in [0, 0.05) is 95.1 Å². The Morgan fingerprint density at radius 2 is 1.71 bits per heavy atom. The number of imide groups is 1. The monoisotopic (exact) mass is 699 g/mol. The molecule has 268 valence electrons. The number of hydrogen-bond acceptors (Lipinski definition) is 10. The van der Waals surface area contributed by atoms with Gasteiger partial charge in [-0.1, -0.05) is 0 Å². The first-order chi connectivity index (χ1) is 24.6. The summed E-state index contributed by atoms with van der Waals surface area (Å²) in [6.07, 6.45) is 4.46. The van der Waals surface area contributed by atoms with E-state index in [0.717, 1.165) is 54.1 Å². The molecule has 2 N–H and O–H groups in total. The number of nitrogens with one attached hydrogen (secondary N) is 2. The van der Waals surface area contributed by atoms with Crippen LogP contribution in [-0.2, 0) is 36.1 Å². The first kappa shape index (κ1) is 33.8. The molecule has 6 heterocycles. The Balaban J connectivity index is 1.08. The highest BCUT2D eigenvalue weighted by atomic mass is 16.5. The molecule has 1 aromatic carbocycles. The fourth-order valence-corrected chi connectivity index (χ4v) is 7.36. The van der Waals surface area contributed by atoms with Crippen LogP contribution in [0, 0.1) is 0 Å². The molecule has 2 saturated heterocycles. The molecule has 16 heteroatoms. The Bertz CT molecular complexity index is 2140. The van der Waals surface area contributed by atoms with Crippen LogP contribution >= 0.6 is 0 Å². The highest BCUT2D eigenvalue weighted by Crippen LogP contribution is 2.38. The summed E-state index contributed by atoms with van der Waals surface area (Å²) >= 11 is 0. The molecular formula is C35H41N9O7. The van der Waals surface area contributed by atoms with Crippen molar-refractivity contribution in [2.24, 2.45) is 7.05 Å². The van der Waals surface area contributed by atoms with Crippen molar-refractivity contribution < 1.29 is 23.9 Å².